The molecule has 0 atom stereocenters. The van der Waals surface area contributed by atoms with Crippen LogP contribution in [0, 0.1) is 18.7 Å². The van der Waals surface area contributed by atoms with Gasteiger partial charge in [-0.05, 0) is 61.2 Å². The number of aryl methyl sites for hydroxylation is 1. The lowest BCUT2D eigenvalue weighted by Crippen LogP contribution is -2.41. The molecule has 7 heteroatoms. The molecule has 1 fully saturated rings. The second kappa shape index (κ2) is 8.99. The lowest BCUT2D eigenvalue weighted by Gasteiger charge is -2.32. The average molecular weight is 389 g/mol. The molecule has 3 amide bonds. The second-order valence-electron chi connectivity index (χ2n) is 6.82. The number of thiophene rings is 1. The molecule has 0 saturated carbocycles. The van der Waals surface area contributed by atoms with Gasteiger partial charge in [0.25, 0.3) is 5.91 Å². The molecular formula is C20H24FN3O2S. The number of amides is 3. The van der Waals surface area contributed by atoms with Crippen molar-refractivity contribution in [2.24, 2.45) is 5.92 Å². The van der Waals surface area contributed by atoms with E-state index in [4.69, 9.17) is 0 Å². The van der Waals surface area contributed by atoms with Crippen LogP contribution in [-0.4, -0.2) is 36.5 Å². The van der Waals surface area contributed by atoms with E-state index in [2.05, 4.69) is 10.6 Å². The maximum Gasteiger partial charge on any atom is 0.321 e. The Morgan fingerprint density at radius 3 is 2.63 bits per heavy atom. The van der Waals surface area contributed by atoms with Crippen molar-refractivity contribution in [2.75, 3.05) is 25.0 Å². The number of hydrogen-bond acceptors (Lipinski definition) is 3. The number of para-hydroxylation sites is 1. The minimum absolute atomic E-state index is 0.01000. The first kappa shape index (κ1) is 19.4. The van der Waals surface area contributed by atoms with Gasteiger partial charge in [-0.3, -0.25) is 4.79 Å². The van der Waals surface area contributed by atoms with Gasteiger partial charge in [0.15, 0.2) is 0 Å². The molecule has 0 unspecified atom stereocenters. The summed E-state index contributed by atoms with van der Waals surface area (Å²) in [7, 11) is 0. The Morgan fingerprint density at radius 2 is 1.96 bits per heavy atom. The van der Waals surface area contributed by atoms with Gasteiger partial charge in [-0.2, -0.15) is 0 Å². The largest absolute Gasteiger partial charge is 0.351 e. The zero-order valence-electron chi connectivity index (χ0n) is 15.3. The number of carbonyl (C=O) groups excluding carboxylic acids is 2. The molecule has 1 saturated heterocycles. The molecule has 0 bridgehead atoms. The molecule has 144 valence electrons. The summed E-state index contributed by atoms with van der Waals surface area (Å²) < 4.78 is 13.6. The Bertz CT molecular complexity index is 800. The van der Waals surface area contributed by atoms with Crippen molar-refractivity contribution in [1.29, 1.82) is 0 Å². The lowest BCUT2D eigenvalue weighted by atomic mass is 9.93. The van der Waals surface area contributed by atoms with Crippen LogP contribution in [-0.2, 0) is 0 Å². The van der Waals surface area contributed by atoms with E-state index >= 15 is 0 Å². The van der Waals surface area contributed by atoms with Gasteiger partial charge in [-0.25, -0.2) is 9.18 Å². The summed E-state index contributed by atoms with van der Waals surface area (Å²) >= 11 is 1.46. The molecule has 1 aromatic heterocycles. The number of nitrogens with zero attached hydrogens (tertiary/aromatic N) is 1. The fourth-order valence-corrected chi connectivity index (χ4v) is 4.10. The smallest absolute Gasteiger partial charge is 0.321 e. The highest BCUT2D eigenvalue weighted by Gasteiger charge is 2.23. The third kappa shape index (κ3) is 5.07. The molecule has 1 aliphatic rings. The van der Waals surface area contributed by atoms with Crippen molar-refractivity contribution in [3.05, 3.63) is 52.0 Å². The average Bonchev–Trinajstić information content (AvgIpc) is 3.10. The lowest BCUT2D eigenvalue weighted by molar-refractivity contribution is 0.0953. The summed E-state index contributed by atoms with van der Waals surface area (Å²) in [6, 6.07) is 7.85. The van der Waals surface area contributed by atoms with Crippen molar-refractivity contribution in [3.8, 4) is 0 Å². The SMILES string of the molecule is Cc1ccsc1C(=O)NCCC1CCN(C(=O)Nc2ccccc2F)CC1. The van der Waals surface area contributed by atoms with Crippen LogP contribution in [0.1, 0.15) is 34.5 Å². The Kier molecular flexibility index (Phi) is 6.45. The number of carbonyl (C=O) groups is 2. The Hall–Kier alpha value is -2.41. The molecule has 1 aliphatic heterocycles. The van der Waals surface area contributed by atoms with E-state index in [1.165, 1.54) is 17.4 Å². The van der Waals surface area contributed by atoms with Gasteiger partial charge < -0.3 is 15.5 Å². The third-order valence-corrected chi connectivity index (χ3v) is 5.94. The van der Waals surface area contributed by atoms with Gasteiger partial charge in [-0.15, -0.1) is 11.3 Å². The van der Waals surface area contributed by atoms with Gasteiger partial charge in [0, 0.05) is 19.6 Å². The number of benzene rings is 1. The highest BCUT2D eigenvalue weighted by Crippen LogP contribution is 2.22. The molecule has 27 heavy (non-hydrogen) atoms. The van der Waals surface area contributed by atoms with E-state index in [9.17, 15) is 14.0 Å². The topological polar surface area (TPSA) is 61.4 Å². The number of anilines is 1. The molecule has 2 heterocycles. The van der Waals surface area contributed by atoms with E-state index in [1.54, 1.807) is 23.1 Å². The molecule has 2 aromatic rings. The molecule has 0 aliphatic carbocycles. The number of rotatable bonds is 5. The molecule has 1 aromatic carbocycles. The maximum atomic E-state index is 13.6. The fourth-order valence-electron chi connectivity index (χ4n) is 3.26. The zero-order chi connectivity index (χ0) is 19.2. The molecule has 0 spiro atoms. The third-order valence-electron chi connectivity index (χ3n) is 4.92. The van der Waals surface area contributed by atoms with E-state index < -0.39 is 5.82 Å². The molecular weight excluding hydrogens is 365 g/mol. The number of nitrogens with one attached hydrogen (secondary N) is 2. The van der Waals surface area contributed by atoms with Crippen molar-refractivity contribution in [1.82, 2.24) is 10.2 Å². The number of urea groups is 1. The first-order valence-corrected chi connectivity index (χ1v) is 10.1. The first-order chi connectivity index (χ1) is 13.0. The number of piperidine rings is 1. The fraction of sp³-hybridized carbons (Fsp3) is 0.400. The van der Waals surface area contributed by atoms with Gasteiger partial charge in [-0.1, -0.05) is 12.1 Å². The van der Waals surface area contributed by atoms with E-state index in [1.807, 2.05) is 18.4 Å². The van der Waals surface area contributed by atoms with Gasteiger partial charge in [0.2, 0.25) is 0 Å². The highest BCUT2D eigenvalue weighted by atomic mass is 32.1. The second-order valence-corrected chi connectivity index (χ2v) is 7.73. The Balaban J connectivity index is 1.39. The van der Waals surface area contributed by atoms with Crippen LogP contribution in [0.3, 0.4) is 0 Å². The minimum atomic E-state index is -0.433. The van der Waals surface area contributed by atoms with Crippen LogP contribution < -0.4 is 10.6 Å². The summed E-state index contributed by atoms with van der Waals surface area (Å²) in [5.74, 6) is 0.0360. The number of likely N-dealkylation sites (tertiary alicyclic amines) is 1. The number of hydrogen-bond donors (Lipinski definition) is 2. The van der Waals surface area contributed by atoms with Gasteiger partial charge in [0.1, 0.15) is 5.82 Å². The van der Waals surface area contributed by atoms with Gasteiger partial charge >= 0.3 is 6.03 Å². The predicted octanol–water partition coefficient (Wildman–Crippen LogP) is 4.26. The van der Waals surface area contributed by atoms with Crippen molar-refractivity contribution < 1.29 is 14.0 Å². The van der Waals surface area contributed by atoms with Crippen molar-refractivity contribution >= 4 is 29.0 Å². The van der Waals surface area contributed by atoms with E-state index in [-0.39, 0.29) is 17.6 Å². The van der Waals surface area contributed by atoms with E-state index in [0.717, 1.165) is 29.7 Å². The van der Waals surface area contributed by atoms with E-state index in [0.29, 0.717) is 25.6 Å². The van der Waals surface area contributed by atoms with Crippen LogP contribution in [0.2, 0.25) is 0 Å². The highest BCUT2D eigenvalue weighted by molar-refractivity contribution is 7.12. The Morgan fingerprint density at radius 1 is 1.22 bits per heavy atom. The van der Waals surface area contributed by atoms with Crippen LogP contribution in [0.4, 0.5) is 14.9 Å². The van der Waals surface area contributed by atoms with Crippen LogP contribution in [0.25, 0.3) is 0 Å². The molecule has 5 nitrogen and oxygen atoms in total. The Labute approximate surface area is 162 Å². The summed E-state index contributed by atoms with van der Waals surface area (Å²) in [4.78, 5) is 26.9. The normalized spacial score (nSPS) is 14.8. The summed E-state index contributed by atoms with van der Waals surface area (Å²) in [6.45, 7) is 3.86. The zero-order valence-corrected chi connectivity index (χ0v) is 16.2. The van der Waals surface area contributed by atoms with Crippen LogP contribution in [0.15, 0.2) is 35.7 Å². The molecule has 0 radical (unpaired) electrons. The predicted molar refractivity (Wildman–Crippen MR) is 106 cm³/mol. The first-order valence-electron chi connectivity index (χ1n) is 9.17. The van der Waals surface area contributed by atoms with Crippen LogP contribution >= 0.6 is 11.3 Å². The maximum absolute atomic E-state index is 13.6. The quantitative estimate of drug-likeness (QED) is 0.803. The summed E-state index contributed by atoms with van der Waals surface area (Å²) in [6.07, 6.45) is 2.68. The van der Waals surface area contributed by atoms with Crippen LogP contribution in [0.5, 0.6) is 0 Å². The molecule has 3 rings (SSSR count). The van der Waals surface area contributed by atoms with Crippen molar-refractivity contribution in [2.45, 2.75) is 26.2 Å². The minimum Gasteiger partial charge on any atom is -0.351 e. The number of halogens is 1. The standard InChI is InChI=1S/C20H24FN3O2S/c1-14-9-13-27-18(14)19(25)22-10-6-15-7-11-24(12-8-15)20(26)23-17-5-3-2-4-16(17)21/h2-5,9,13,15H,6-8,10-12H2,1H3,(H,22,25)(H,23,26). The van der Waals surface area contributed by atoms with Crippen molar-refractivity contribution in [3.63, 3.8) is 0 Å². The summed E-state index contributed by atoms with van der Waals surface area (Å²) in [5, 5.41) is 7.54. The molecule has 2 N–H and O–H groups in total. The monoisotopic (exact) mass is 389 g/mol. The summed E-state index contributed by atoms with van der Waals surface area (Å²) in [5.41, 5.74) is 1.21. The van der Waals surface area contributed by atoms with Gasteiger partial charge in [0.05, 0.1) is 10.6 Å².